The van der Waals surface area contributed by atoms with Crippen LogP contribution in [0.4, 0.5) is 0 Å². The maximum Gasteiger partial charge on any atom is 0.0947 e. The van der Waals surface area contributed by atoms with Crippen molar-refractivity contribution in [1.82, 2.24) is 14.9 Å². The number of thiophene rings is 1. The van der Waals surface area contributed by atoms with Gasteiger partial charge < -0.3 is 9.88 Å². The third kappa shape index (κ3) is 3.41. The fraction of sp³-hybridized carbons (Fsp3) is 0.462. The lowest BCUT2D eigenvalue weighted by atomic mass is 10.1. The summed E-state index contributed by atoms with van der Waals surface area (Å²) in [4.78, 5) is 4.44. The van der Waals surface area contributed by atoms with E-state index >= 15 is 0 Å². The van der Waals surface area contributed by atoms with Gasteiger partial charge in [0.2, 0.25) is 0 Å². The van der Waals surface area contributed by atoms with Crippen molar-refractivity contribution in [2.45, 2.75) is 25.8 Å². The van der Waals surface area contributed by atoms with Crippen LogP contribution in [-0.4, -0.2) is 16.1 Å². The minimum atomic E-state index is 0.362. The lowest BCUT2D eigenvalue weighted by molar-refractivity contribution is 0.505. The molecule has 17 heavy (non-hydrogen) atoms. The molecule has 0 saturated heterocycles. The molecule has 0 amide bonds. The van der Waals surface area contributed by atoms with Crippen LogP contribution in [0.15, 0.2) is 29.4 Å². The number of rotatable bonds is 6. The first kappa shape index (κ1) is 12.3. The molecule has 0 radical (unpaired) electrons. The molecule has 3 nitrogen and oxygen atoms in total. The lowest BCUT2D eigenvalue weighted by Gasteiger charge is -2.15. The molecule has 0 aliphatic rings. The molecular weight excluding hydrogens is 230 g/mol. The maximum absolute atomic E-state index is 4.44. The standard InChI is InChI=1S/C13H19N3S/c1-3-14-12(13-8-16(2)10-15-13)5-4-11-6-7-17-9-11/h6-10,12,14H,3-5H2,1-2H3. The molecule has 1 N–H and O–H groups in total. The van der Waals surface area contributed by atoms with Crippen LogP contribution >= 0.6 is 11.3 Å². The zero-order chi connectivity index (χ0) is 12.1. The summed E-state index contributed by atoms with van der Waals surface area (Å²) in [5.41, 5.74) is 2.57. The molecule has 0 saturated carbocycles. The summed E-state index contributed by atoms with van der Waals surface area (Å²) in [6.45, 7) is 3.12. The minimum Gasteiger partial charge on any atom is -0.340 e. The van der Waals surface area contributed by atoms with Crippen LogP contribution in [-0.2, 0) is 13.5 Å². The summed E-state index contributed by atoms with van der Waals surface area (Å²) in [6, 6.07) is 2.56. The molecule has 92 valence electrons. The van der Waals surface area contributed by atoms with E-state index < -0.39 is 0 Å². The molecule has 0 bridgehead atoms. The quantitative estimate of drug-likeness (QED) is 0.853. The van der Waals surface area contributed by atoms with Crippen LogP contribution in [0.1, 0.15) is 30.6 Å². The van der Waals surface area contributed by atoms with Gasteiger partial charge in [0.15, 0.2) is 0 Å². The van der Waals surface area contributed by atoms with Gasteiger partial charge in [0, 0.05) is 13.2 Å². The first-order valence-corrected chi connectivity index (χ1v) is 6.96. The van der Waals surface area contributed by atoms with Crippen molar-refractivity contribution in [2.75, 3.05) is 6.54 Å². The monoisotopic (exact) mass is 249 g/mol. The van der Waals surface area contributed by atoms with Crippen LogP contribution in [0.25, 0.3) is 0 Å². The highest BCUT2D eigenvalue weighted by Crippen LogP contribution is 2.18. The third-order valence-electron chi connectivity index (χ3n) is 2.83. The van der Waals surface area contributed by atoms with E-state index in [1.165, 1.54) is 5.56 Å². The van der Waals surface area contributed by atoms with Crippen molar-refractivity contribution in [3.8, 4) is 0 Å². The summed E-state index contributed by atoms with van der Waals surface area (Å²) in [5.74, 6) is 0. The Balaban J connectivity index is 1.97. The second-order valence-electron chi connectivity index (χ2n) is 4.24. The van der Waals surface area contributed by atoms with E-state index in [1.54, 1.807) is 11.3 Å². The first-order chi connectivity index (χ1) is 8.29. The van der Waals surface area contributed by atoms with Crippen LogP contribution in [0.5, 0.6) is 0 Å². The zero-order valence-electron chi connectivity index (χ0n) is 10.4. The molecule has 0 aromatic carbocycles. The third-order valence-corrected chi connectivity index (χ3v) is 3.57. The largest absolute Gasteiger partial charge is 0.340 e. The van der Waals surface area contributed by atoms with E-state index in [0.717, 1.165) is 25.1 Å². The average molecular weight is 249 g/mol. The number of hydrogen-bond acceptors (Lipinski definition) is 3. The topological polar surface area (TPSA) is 29.9 Å². The van der Waals surface area contributed by atoms with Gasteiger partial charge in [-0.25, -0.2) is 4.98 Å². The average Bonchev–Trinajstić information content (AvgIpc) is 2.95. The van der Waals surface area contributed by atoms with Crippen molar-refractivity contribution < 1.29 is 0 Å². The Morgan fingerprint density at radius 2 is 2.41 bits per heavy atom. The van der Waals surface area contributed by atoms with E-state index in [1.807, 2.05) is 17.9 Å². The number of nitrogens with one attached hydrogen (secondary N) is 1. The summed E-state index contributed by atoms with van der Waals surface area (Å²) in [6.07, 6.45) is 6.17. The molecule has 0 fully saturated rings. The molecule has 2 aromatic rings. The Labute approximate surface area is 107 Å². The fourth-order valence-corrected chi connectivity index (χ4v) is 2.66. The summed E-state index contributed by atoms with van der Waals surface area (Å²) in [7, 11) is 2.01. The molecule has 2 heterocycles. The Bertz CT molecular complexity index is 433. The van der Waals surface area contributed by atoms with Gasteiger partial charge in [-0.05, 0) is 41.8 Å². The van der Waals surface area contributed by atoms with Gasteiger partial charge in [-0.3, -0.25) is 0 Å². The second kappa shape index (κ2) is 5.98. The molecule has 2 aromatic heterocycles. The fourth-order valence-electron chi connectivity index (χ4n) is 1.96. The van der Waals surface area contributed by atoms with E-state index in [9.17, 15) is 0 Å². The van der Waals surface area contributed by atoms with Crippen molar-refractivity contribution >= 4 is 11.3 Å². The van der Waals surface area contributed by atoms with Crippen LogP contribution in [0.3, 0.4) is 0 Å². The van der Waals surface area contributed by atoms with Crippen molar-refractivity contribution in [3.05, 3.63) is 40.6 Å². The Hall–Kier alpha value is -1.13. The van der Waals surface area contributed by atoms with Gasteiger partial charge in [0.25, 0.3) is 0 Å². The second-order valence-corrected chi connectivity index (χ2v) is 5.02. The highest BCUT2D eigenvalue weighted by Gasteiger charge is 2.12. The Morgan fingerprint density at radius 1 is 1.53 bits per heavy atom. The predicted molar refractivity (Wildman–Crippen MR) is 72.3 cm³/mol. The highest BCUT2D eigenvalue weighted by atomic mass is 32.1. The van der Waals surface area contributed by atoms with E-state index in [2.05, 4.69) is 40.2 Å². The summed E-state index contributed by atoms with van der Waals surface area (Å²) < 4.78 is 2.00. The van der Waals surface area contributed by atoms with Gasteiger partial charge in [-0.2, -0.15) is 11.3 Å². The van der Waals surface area contributed by atoms with Crippen molar-refractivity contribution in [3.63, 3.8) is 0 Å². The van der Waals surface area contributed by atoms with Gasteiger partial charge in [-0.15, -0.1) is 0 Å². The Kier molecular flexibility index (Phi) is 4.34. The normalized spacial score (nSPS) is 12.8. The number of aromatic nitrogens is 2. The molecule has 2 rings (SSSR count). The highest BCUT2D eigenvalue weighted by molar-refractivity contribution is 7.07. The van der Waals surface area contributed by atoms with Crippen LogP contribution < -0.4 is 5.32 Å². The number of aryl methyl sites for hydroxylation is 2. The zero-order valence-corrected chi connectivity index (χ0v) is 11.2. The molecule has 4 heteroatoms. The van der Waals surface area contributed by atoms with Gasteiger partial charge in [0.05, 0.1) is 18.1 Å². The predicted octanol–water partition coefficient (Wildman–Crippen LogP) is 2.77. The first-order valence-electron chi connectivity index (χ1n) is 6.02. The lowest BCUT2D eigenvalue weighted by Crippen LogP contribution is -2.21. The van der Waals surface area contributed by atoms with E-state index in [4.69, 9.17) is 0 Å². The summed E-state index contributed by atoms with van der Waals surface area (Å²) in [5, 5.41) is 7.86. The summed E-state index contributed by atoms with van der Waals surface area (Å²) >= 11 is 1.76. The minimum absolute atomic E-state index is 0.362. The molecule has 1 unspecified atom stereocenters. The van der Waals surface area contributed by atoms with Crippen molar-refractivity contribution in [1.29, 1.82) is 0 Å². The van der Waals surface area contributed by atoms with E-state index in [-0.39, 0.29) is 0 Å². The number of imidazole rings is 1. The van der Waals surface area contributed by atoms with Gasteiger partial charge in [-0.1, -0.05) is 6.92 Å². The molecule has 0 spiro atoms. The molecule has 1 atom stereocenters. The molecule has 0 aliphatic heterocycles. The van der Waals surface area contributed by atoms with Crippen LogP contribution in [0, 0.1) is 0 Å². The Morgan fingerprint density at radius 3 is 3.00 bits per heavy atom. The van der Waals surface area contributed by atoms with Gasteiger partial charge in [0.1, 0.15) is 0 Å². The SMILES string of the molecule is CCNC(CCc1ccsc1)c1cn(C)cn1. The molecule has 0 aliphatic carbocycles. The van der Waals surface area contributed by atoms with E-state index in [0.29, 0.717) is 6.04 Å². The maximum atomic E-state index is 4.44. The van der Waals surface area contributed by atoms with Crippen molar-refractivity contribution in [2.24, 2.45) is 7.05 Å². The smallest absolute Gasteiger partial charge is 0.0947 e. The van der Waals surface area contributed by atoms with Crippen LogP contribution in [0.2, 0.25) is 0 Å². The number of hydrogen-bond donors (Lipinski definition) is 1. The number of nitrogens with zero attached hydrogens (tertiary/aromatic N) is 2. The van der Waals surface area contributed by atoms with Gasteiger partial charge >= 0.3 is 0 Å². The molecular formula is C13H19N3S.